The van der Waals surface area contributed by atoms with Crippen LogP contribution in [0.3, 0.4) is 0 Å². The lowest BCUT2D eigenvalue weighted by atomic mass is 10.1. The van der Waals surface area contributed by atoms with Gasteiger partial charge in [0.25, 0.3) is 0 Å². The number of unbranched alkanes of at least 4 members (excludes halogenated alkanes) is 18. The van der Waals surface area contributed by atoms with Crippen LogP contribution in [-0.2, 0) is 32.7 Å². The average molecular weight is 731 g/mol. The lowest BCUT2D eigenvalue weighted by Gasteiger charge is -2.24. The molecule has 0 saturated heterocycles. The molecule has 1 unspecified atom stereocenters. The molecule has 294 valence electrons. The molecule has 0 fully saturated rings. The van der Waals surface area contributed by atoms with Crippen LogP contribution in [0.2, 0.25) is 0 Å². The first kappa shape index (κ1) is 48.5. The number of carbonyl (C=O) groups excluding carboxylic acids is 2. The molecule has 0 aliphatic carbocycles. The monoisotopic (exact) mass is 731 g/mol. The molecule has 0 amide bonds. The van der Waals surface area contributed by atoms with Crippen LogP contribution in [0.4, 0.5) is 0 Å². The van der Waals surface area contributed by atoms with Crippen molar-refractivity contribution in [2.45, 2.75) is 174 Å². The van der Waals surface area contributed by atoms with Crippen molar-refractivity contribution in [3.05, 3.63) is 24.3 Å². The number of likely N-dealkylation sites (N-methyl/N-ethyl adjacent to an activating group) is 1. The van der Waals surface area contributed by atoms with Crippen molar-refractivity contribution in [3.63, 3.8) is 0 Å². The zero-order valence-electron chi connectivity index (χ0n) is 32.9. The van der Waals surface area contributed by atoms with Crippen molar-refractivity contribution in [2.24, 2.45) is 0 Å². The van der Waals surface area contributed by atoms with E-state index < -0.39 is 26.5 Å². The highest BCUT2D eigenvalue weighted by molar-refractivity contribution is 7.47. The molecule has 0 aromatic heterocycles. The van der Waals surface area contributed by atoms with E-state index in [1.165, 1.54) is 83.5 Å². The van der Waals surface area contributed by atoms with Crippen molar-refractivity contribution >= 4 is 19.8 Å². The number of rotatable bonds is 36. The number of hydrogen-bond donors (Lipinski definition) is 1. The Morgan fingerprint density at radius 2 is 1.08 bits per heavy atom. The van der Waals surface area contributed by atoms with Gasteiger partial charge in [-0.3, -0.25) is 18.6 Å². The minimum atomic E-state index is -4.36. The molecule has 9 nitrogen and oxygen atoms in total. The van der Waals surface area contributed by atoms with E-state index in [-0.39, 0.29) is 32.0 Å². The lowest BCUT2D eigenvalue weighted by Crippen LogP contribution is -2.37. The van der Waals surface area contributed by atoms with Crippen LogP contribution in [0.5, 0.6) is 0 Å². The number of carbonyl (C=O) groups is 2. The van der Waals surface area contributed by atoms with E-state index in [2.05, 4.69) is 38.2 Å². The number of esters is 2. The molecule has 0 aromatic carbocycles. The maximum Gasteiger partial charge on any atom is 0.472 e. The van der Waals surface area contributed by atoms with Crippen LogP contribution in [0, 0.1) is 0 Å². The number of hydrogen-bond acceptors (Lipinski definition) is 7. The van der Waals surface area contributed by atoms with Gasteiger partial charge in [0, 0.05) is 12.8 Å². The Balaban J connectivity index is 4.35. The molecule has 2 atom stereocenters. The first-order chi connectivity index (χ1) is 24.0. The van der Waals surface area contributed by atoms with Crippen molar-refractivity contribution in [3.8, 4) is 0 Å². The molecule has 1 N–H and O–H groups in total. The lowest BCUT2D eigenvalue weighted by molar-refractivity contribution is -0.870. The van der Waals surface area contributed by atoms with Gasteiger partial charge in [-0.15, -0.1) is 0 Å². The molecule has 0 aromatic rings. The van der Waals surface area contributed by atoms with Gasteiger partial charge in [-0.1, -0.05) is 134 Å². The van der Waals surface area contributed by atoms with E-state index >= 15 is 0 Å². The van der Waals surface area contributed by atoms with Crippen LogP contribution in [0.1, 0.15) is 168 Å². The third kappa shape index (κ3) is 36.3. The fourth-order valence-corrected chi connectivity index (χ4v) is 6.02. The molecular formula is C40H77NO8P+. The summed E-state index contributed by atoms with van der Waals surface area (Å²) in [4.78, 5) is 35.1. The van der Waals surface area contributed by atoms with Crippen LogP contribution in [0.15, 0.2) is 24.3 Å². The van der Waals surface area contributed by atoms with Gasteiger partial charge in [-0.2, -0.15) is 0 Å². The minimum Gasteiger partial charge on any atom is -0.462 e. The number of phosphoric ester groups is 1. The molecule has 10 heteroatoms. The van der Waals surface area contributed by atoms with Gasteiger partial charge < -0.3 is 18.9 Å². The van der Waals surface area contributed by atoms with Gasteiger partial charge in [0.05, 0.1) is 27.7 Å². The maximum absolute atomic E-state index is 12.6. The molecule has 0 aliphatic rings. The fourth-order valence-electron chi connectivity index (χ4n) is 5.28. The molecule has 0 radical (unpaired) electrons. The van der Waals surface area contributed by atoms with Gasteiger partial charge in [-0.05, 0) is 44.9 Å². The van der Waals surface area contributed by atoms with Crippen molar-refractivity contribution in [1.82, 2.24) is 0 Å². The van der Waals surface area contributed by atoms with Gasteiger partial charge in [0.2, 0.25) is 0 Å². The van der Waals surface area contributed by atoms with E-state index in [9.17, 15) is 19.0 Å². The summed E-state index contributed by atoms with van der Waals surface area (Å²) in [5.74, 6) is -0.809. The quantitative estimate of drug-likeness (QED) is 0.0223. The standard InChI is InChI=1S/C40H76NO8P/c1-6-8-10-12-14-16-17-18-19-20-21-22-23-25-26-28-30-32-39(42)46-36-38(37-48-50(44,45)47-35-34-41(3,4)5)49-40(43)33-31-29-27-24-15-13-11-9-7-2/h14,16,18-19,38H,6-13,15,17,20-37H2,1-5H3/p+1/b16-14-,19-18-/t38-/m1/s1. The molecule has 50 heavy (non-hydrogen) atoms. The second kappa shape index (κ2) is 33.3. The highest BCUT2D eigenvalue weighted by Crippen LogP contribution is 2.43. The van der Waals surface area contributed by atoms with E-state index in [1.54, 1.807) is 0 Å². The Labute approximate surface area is 307 Å². The average Bonchev–Trinajstić information content (AvgIpc) is 3.06. The first-order valence-electron chi connectivity index (χ1n) is 20.1. The number of ether oxygens (including phenoxy) is 2. The topological polar surface area (TPSA) is 108 Å². The summed E-state index contributed by atoms with van der Waals surface area (Å²) in [6, 6.07) is 0. The zero-order chi connectivity index (χ0) is 37.2. The normalized spacial score (nSPS) is 14.0. The predicted octanol–water partition coefficient (Wildman–Crippen LogP) is 10.8. The summed E-state index contributed by atoms with van der Waals surface area (Å²) in [5.41, 5.74) is 0. The van der Waals surface area contributed by atoms with Crippen LogP contribution < -0.4 is 0 Å². The first-order valence-corrected chi connectivity index (χ1v) is 21.6. The van der Waals surface area contributed by atoms with E-state index in [4.69, 9.17) is 18.5 Å². The Morgan fingerprint density at radius 1 is 0.620 bits per heavy atom. The van der Waals surface area contributed by atoms with Crippen molar-refractivity contribution in [2.75, 3.05) is 47.5 Å². The number of quaternary nitrogens is 1. The number of nitrogens with zero attached hydrogens (tertiary/aromatic N) is 1. The Hall–Kier alpha value is -1.51. The maximum atomic E-state index is 12.6. The molecule has 0 spiro atoms. The Bertz CT molecular complexity index is 918. The minimum absolute atomic E-state index is 0.0318. The summed E-state index contributed by atoms with van der Waals surface area (Å²) in [5, 5.41) is 0. The van der Waals surface area contributed by atoms with Gasteiger partial charge in [0.1, 0.15) is 19.8 Å². The van der Waals surface area contributed by atoms with Crippen LogP contribution in [0.25, 0.3) is 0 Å². The second-order valence-electron chi connectivity index (χ2n) is 14.7. The number of allylic oxidation sites excluding steroid dienone is 4. The third-order valence-electron chi connectivity index (χ3n) is 8.48. The smallest absolute Gasteiger partial charge is 0.462 e. The Morgan fingerprint density at radius 3 is 1.62 bits per heavy atom. The zero-order valence-corrected chi connectivity index (χ0v) is 33.8. The molecule has 0 saturated carbocycles. The van der Waals surface area contributed by atoms with Crippen LogP contribution in [-0.4, -0.2) is 74.9 Å². The van der Waals surface area contributed by atoms with E-state index in [0.717, 1.165) is 51.4 Å². The molecule has 0 bridgehead atoms. The molecule has 0 aliphatic heterocycles. The van der Waals surface area contributed by atoms with Gasteiger partial charge >= 0.3 is 19.8 Å². The SMILES string of the molecule is CCCCC/C=C\C/C=C\CCCCCCCCCC(=O)OC[C@H](COP(=O)(O)OCC[N+](C)(C)C)OC(=O)CCCCCCCCCCC. The molecule has 0 heterocycles. The fraction of sp³-hybridized carbons (Fsp3) is 0.850. The summed E-state index contributed by atoms with van der Waals surface area (Å²) in [6.07, 6.45) is 33.7. The molecule has 0 rings (SSSR count). The summed E-state index contributed by atoms with van der Waals surface area (Å²) >= 11 is 0. The van der Waals surface area contributed by atoms with Gasteiger partial charge in [-0.25, -0.2) is 4.57 Å². The molecular weight excluding hydrogens is 653 g/mol. The van der Waals surface area contributed by atoms with Crippen molar-refractivity contribution in [1.29, 1.82) is 0 Å². The largest absolute Gasteiger partial charge is 0.472 e. The van der Waals surface area contributed by atoms with Crippen LogP contribution >= 0.6 is 7.82 Å². The van der Waals surface area contributed by atoms with Gasteiger partial charge in [0.15, 0.2) is 6.10 Å². The van der Waals surface area contributed by atoms with E-state index in [1.807, 2.05) is 21.1 Å². The number of phosphoric acid groups is 1. The highest BCUT2D eigenvalue weighted by atomic mass is 31.2. The van der Waals surface area contributed by atoms with E-state index in [0.29, 0.717) is 17.4 Å². The summed E-state index contributed by atoms with van der Waals surface area (Å²) in [6.45, 7) is 4.36. The third-order valence-corrected chi connectivity index (χ3v) is 9.47. The summed E-state index contributed by atoms with van der Waals surface area (Å²) < 4.78 is 34.1. The predicted molar refractivity (Wildman–Crippen MR) is 206 cm³/mol. The summed E-state index contributed by atoms with van der Waals surface area (Å²) in [7, 11) is 1.47. The highest BCUT2D eigenvalue weighted by Gasteiger charge is 2.27. The van der Waals surface area contributed by atoms with Crippen molar-refractivity contribution < 1.29 is 42.1 Å². The second-order valence-corrected chi connectivity index (χ2v) is 16.1. The Kier molecular flexibility index (Phi) is 32.3.